The first kappa shape index (κ1) is 23.2. The van der Waals surface area contributed by atoms with Gasteiger partial charge in [-0.25, -0.2) is 0 Å². The first-order valence-corrected chi connectivity index (χ1v) is 9.86. The summed E-state index contributed by atoms with van der Waals surface area (Å²) in [6.45, 7) is 4.33. The molecule has 168 valence electrons. The molecule has 1 N–H and O–H groups in total. The standard InChI is InChI=1S/C23H23F3N4O2/c1-15-16(2)30(13-19-5-4-10-32-19)22(20(15)11-27)28-21(31)14-29(3)12-17-6-8-18(9-7-17)23(24,25)26/h4-10H,12-14H2,1-3H3,(H,28,31). The van der Waals surface area contributed by atoms with Crippen molar-refractivity contribution < 1.29 is 22.4 Å². The number of hydrogen-bond donors (Lipinski definition) is 1. The van der Waals surface area contributed by atoms with Gasteiger partial charge in [-0.05, 0) is 56.3 Å². The number of furan rings is 1. The average Bonchev–Trinajstić information content (AvgIpc) is 3.30. The number of benzene rings is 1. The Morgan fingerprint density at radius 3 is 2.47 bits per heavy atom. The van der Waals surface area contributed by atoms with Crippen molar-refractivity contribution in [3.63, 3.8) is 0 Å². The summed E-state index contributed by atoms with van der Waals surface area (Å²) in [5, 5.41) is 12.4. The molecule has 0 aliphatic carbocycles. The number of nitriles is 1. The highest BCUT2D eigenvalue weighted by Gasteiger charge is 2.30. The predicted molar refractivity (Wildman–Crippen MR) is 113 cm³/mol. The van der Waals surface area contributed by atoms with Gasteiger partial charge in [0.15, 0.2) is 0 Å². The summed E-state index contributed by atoms with van der Waals surface area (Å²) >= 11 is 0. The zero-order valence-corrected chi connectivity index (χ0v) is 18.0. The van der Waals surface area contributed by atoms with Crippen LogP contribution in [-0.4, -0.2) is 29.0 Å². The summed E-state index contributed by atoms with van der Waals surface area (Å²) in [7, 11) is 1.70. The number of likely N-dealkylation sites (N-methyl/N-ethyl adjacent to an activating group) is 1. The van der Waals surface area contributed by atoms with E-state index in [-0.39, 0.29) is 12.5 Å². The van der Waals surface area contributed by atoms with Gasteiger partial charge < -0.3 is 14.3 Å². The number of anilines is 1. The molecule has 2 aromatic heterocycles. The lowest BCUT2D eigenvalue weighted by Crippen LogP contribution is -2.30. The number of aromatic nitrogens is 1. The van der Waals surface area contributed by atoms with Gasteiger partial charge in [-0.2, -0.15) is 18.4 Å². The van der Waals surface area contributed by atoms with Crippen LogP contribution in [0.25, 0.3) is 0 Å². The maximum atomic E-state index is 12.7. The molecular formula is C23H23F3N4O2. The van der Waals surface area contributed by atoms with Crippen LogP contribution in [0.3, 0.4) is 0 Å². The molecule has 0 radical (unpaired) electrons. The molecule has 0 atom stereocenters. The largest absolute Gasteiger partial charge is 0.467 e. The Morgan fingerprint density at radius 2 is 1.91 bits per heavy atom. The fraction of sp³-hybridized carbons (Fsp3) is 0.304. The molecule has 3 rings (SSSR count). The van der Waals surface area contributed by atoms with E-state index in [0.29, 0.717) is 35.8 Å². The number of halogens is 3. The highest BCUT2D eigenvalue weighted by Crippen LogP contribution is 2.29. The molecule has 1 aromatic carbocycles. The number of nitrogens with one attached hydrogen (secondary N) is 1. The Labute approximate surface area is 183 Å². The number of carbonyl (C=O) groups is 1. The fourth-order valence-corrected chi connectivity index (χ4v) is 3.47. The van der Waals surface area contributed by atoms with E-state index in [4.69, 9.17) is 4.42 Å². The number of rotatable bonds is 7. The molecule has 0 spiro atoms. The number of amides is 1. The summed E-state index contributed by atoms with van der Waals surface area (Å²) < 4.78 is 45.4. The molecule has 9 heteroatoms. The van der Waals surface area contributed by atoms with Gasteiger partial charge in [0, 0.05) is 12.2 Å². The number of nitrogens with zero attached hydrogens (tertiary/aromatic N) is 3. The summed E-state index contributed by atoms with van der Waals surface area (Å²) in [4.78, 5) is 14.4. The second kappa shape index (κ2) is 9.32. The van der Waals surface area contributed by atoms with Crippen molar-refractivity contribution >= 4 is 11.7 Å². The first-order valence-electron chi connectivity index (χ1n) is 9.86. The van der Waals surface area contributed by atoms with E-state index in [2.05, 4.69) is 11.4 Å². The van der Waals surface area contributed by atoms with Crippen LogP contribution in [0.4, 0.5) is 19.0 Å². The Bertz CT molecular complexity index is 1120. The smallest absolute Gasteiger partial charge is 0.416 e. The minimum atomic E-state index is -4.39. The van der Waals surface area contributed by atoms with E-state index >= 15 is 0 Å². The molecule has 0 saturated heterocycles. The number of carbonyl (C=O) groups excluding carboxylic acids is 1. The normalized spacial score (nSPS) is 11.6. The van der Waals surface area contributed by atoms with E-state index in [1.807, 2.05) is 24.5 Å². The second-order valence-electron chi connectivity index (χ2n) is 7.63. The van der Waals surface area contributed by atoms with E-state index in [1.54, 1.807) is 24.3 Å². The van der Waals surface area contributed by atoms with Gasteiger partial charge in [-0.1, -0.05) is 12.1 Å². The lowest BCUT2D eigenvalue weighted by atomic mass is 10.1. The van der Waals surface area contributed by atoms with Crippen molar-refractivity contribution in [3.05, 3.63) is 76.4 Å². The minimum absolute atomic E-state index is 0.00405. The molecular weight excluding hydrogens is 421 g/mol. The van der Waals surface area contributed by atoms with Crippen molar-refractivity contribution in [1.29, 1.82) is 5.26 Å². The molecule has 2 heterocycles. The lowest BCUT2D eigenvalue weighted by molar-refractivity contribution is -0.137. The zero-order chi connectivity index (χ0) is 23.5. The van der Waals surface area contributed by atoms with Gasteiger partial charge in [0.25, 0.3) is 0 Å². The maximum absolute atomic E-state index is 12.7. The number of alkyl halides is 3. The molecule has 1 amide bonds. The van der Waals surface area contributed by atoms with Crippen molar-refractivity contribution in [2.75, 3.05) is 18.9 Å². The molecule has 32 heavy (non-hydrogen) atoms. The van der Waals surface area contributed by atoms with Crippen LogP contribution >= 0.6 is 0 Å². The van der Waals surface area contributed by atoms with Crippen molar-refractivity contribution in [3.8, 4) is 6.07 Å². The highest BCUT2D eigenvalue weighted by atomic mass is 19.4. The van der Waals surface area contributed by atoms with E-state index in [1.165, 1.54) is 12.1 Å². The van der Waals surface area contributed by atoms with Crippen LogP contribution in [0, 0.1) is 25.2 Å². The van der Waals surface area contributed by atoms with Crippen LogP contribution < -0.4 is 5.32 Å². The van der Waals surface area contributed by atoms with Crippen molar-refractivity contribution in [2.45, 2.75) is 33.1 Å². The summed E-state index contributed by atoms with van der Waals surface area (Å²) in [6.07, 6.45) is -2.83. The predicted octanol–water partition coefficient (Wildman–Crippen LogP) is 4.71. The SMILES string of the molecule is Cc1c(C#N)c(NC(=O)CN(C)Cc2ccc(C(F)(F)F)cc2)n(Cc2ccco2)c1C. The van der Waals surface area contributed by atoms with Gasteiger partial charge in [-0.3, -0.25) is 9.69 Å². The van der Waals surface area contributed by atoms with Crippen LogP contribution in [0.2, 0.25) is 0 Å². The van der Waals surface area contributed by atoms with Crippen LogP contribution in [0.15, 0.2) is 47.1 Å². The highest BCUT2D eigenvalue weighted by molar-refractivity contribution is 5.93. The maximum Gasteiger partial charge on any atom is 0.416 e. The van der Waals surface area contributed by atoms with Gasteiger partial charge in [0.1, 0.15) is 17.6 Å². The lowest BCUT2D eigenvalue weighted by Gasteiger charge is -2.18. The molecule has 0 unspecified atom stereocenters. The molecule has 6 nitrogen and oxygen atoms in total. The molecule has 0 saturated carbocycles. The Hall–Kier alpha value is -3.51. The Morgan fingerprint density at radius 1 is 1.22 bits per heavy atom. The summed E-state index contributed by atoms with van der Waals surface area (Å²) in [6, 6.07) is 10.6. The van der Waals surface area contributed by atoms with Crippen molar-refractivity contribution in [1.82, 2.24) is 9.47 Å². The van der Waals surface area contributed by atoms with Gasteiger partial charge in [0.05, 0.1) is 30.5 Å². The molecule has 0 aliphatic heterocycles. The van der Waals surface area contributed by atoms with Gasteiger partial charge in [0.2, 0.25) is 5.91 Å². The summed E-state index contributed by atoms with van der Waals surface area (Å²) in [5.41, 5.74) is 1.93. The van der Waals surface area contributed by atoms with Gasteiger partial charge in [-0.15, -0.1) is 0 Å². The third kappa shape index (κ3) is 5.21. The van der Waals surface area contributed by atoms with E-state index in [9.17, 15) is 23.2 Å². The fourth-order valence-electron chi connectivity index (χ4n) is 3.47. The quantitative estimate of drug-likeness (QED) is 0.573. The Kier molecular flexibility index (Phi) is 6.75. The minimum Gasteiger partial charge on any atom is -0.467 e. The van der Waals surface area contributed by atoms with Crippen LogP contribution in [-0.2, 0) is 24.1 Å². The van der Waals surface area contributed by atoms with Crippen LogP contribution in [0.5, 0.6) is 0 Å². The van der Waals surface area contributed by atoms with Gasteiger partial charge >= 0.3 is 6.18 Å². The topological polar surface area (TPSA) is 74.2 Å². The average molecular weight is 444 g/mol. The molecule has 0 aliphatic rings. The summed E-state index contributed by atoms with van der Waals surface area (Å²) in [5.74, 6) is 0.739. The third-order valence-electron chi connectivity index (χ3n) is 5.24. The molecule has 0 bridgehead atoms. The zero-order valence-electron chi connectivity index (χ0n) is 18.0. The Balaban J connectivity index is 1.70. The van der Waals surface area contributed by atoms with E-state index < -0.39 is 11.7 Å². The molecule has 3 aromatic rings. The second-order valence-corrected chi connectivity index (χ2v) is 7.63. The number of hydrogen-bond acceptors (Lipinski definition) is 4. The van der Waals surface area contributed by atoms with E-state index in [0.717, 1.165) is 23.4 Å². The third-order valence-corrected chi connectivity index (χ3v) is 5.24. The van der Waals surface area contributed by atoms with Crippen molar-refractivity contribution in [2.24, 2.45) is 0 Å². The molecule has 0 fully saturated rings. The monoisotopic (exact) mass is 444 g/mol. The first-order chi connectivity index (χ1) is 15.1. The van der Waals surface area contributed by atoms with Crippen LogP contribution in [0.1, 0.15) is 33.7 Å².